The Morgan fingerprint density at radius 3 is 1.90 bits per heavy atom. The smallest absolute Gasteiger partial charge is 0.174 e. The van der Waals surface area contributed by atoms with Crippen molar-refractivity contribution in [1.82, 2.24) is 0 Å². The molecule has 0 aliphatic heterocycles. The number of ketones is 4. The van der Waals surface area contributed by atoms with Crippen LogP contribution in [0.1, 0.15) is 53.0 Å². The highest BCUT2D eigenvalue weighted by Gasteiger charge is 2.22. The van der Waals surface area contributed by atoms with Crippen molar-refractivity contribution in [3.05, 3.63) is 22.8 Å². The van der Waals surface area contributed by atoms with Crippen LogP contribution in [0.4, 0.5) is 11.4 Å². The summed E-state index contributed by atoms with van der Waals surface area (Å²) in [5.41, 5.74) is 12.5. The number of carbonyl (C=O) groups is 4. The van der Waals surface area contributed by atoms with E-state index in [1.165, 1.54) is 19.9 Å². The van der Waals surface area contributed by atoms with Crippen LogP contribution in [0.3, 0.4) is 0 Å². The molecule has 6 nitrogen and oxygen atoms in total. The van der Waals surface area contributed by atoms with Crippen molar-refractivity contribution in [3.63, 3.8) is 0 Å². The van der Waals surface area contributed by atoms with Gasteiger partial charge in [-0.25, -0.2) is 0 Å². The van der Waals surface area contributed by atoms with Gasteiger partial charge in [0.2, 0.25) is 0 Å². The zero-order valence-corrected chi connectivity index (χ0v) is 12.3. The van der Waals surface area contributed by atoms with Gasteiger partial charge in [0.05, 0.1) is 18.4 Å². The Morgan fingerprint density at radius 2 is 1.43 bits per heavy atom. The Hall–Kier alpha value is -2.50. The van der Waals surface area contributed by atoms with Crippen molar-refractivity contribution < 1.29 is 19.2 Å². The number of nitrogens with two attached hydrogens (primary N) is 2. The fraction of sp³-hybridized carbons (Fsp3) is 0.333. The summed E-state index contributed by atoms with van der Waals surface area (Å²) in [4.78, 5) is 46.0. The Labute approximate surface area is 122 Å². The maximum absolute atomic E-state index is 12.0. The largest absolute Gasteiger partial charge is 0.398 e. The summed E-state index contributed by atoms with van der Waals surface area (Å²) in [6.07, 6.45) is -0.547. The third-order valence-corrected chi connectivity index (χ3v) is 3.06. The predicted molar refractivity (Wildman–Crippen MR) is 79.3 cm³/mol. The van der Waals surface area contributed by atoms with Crippen LogP contribution in [0.2, 0.25) is 0 Å². The molecule has 0 saturated heterocycles. The highest BCUT2D eigenvalue weighted by molar-refractivity contribution is 6.16. The molecular formula is C15H18N2O4. The van der Waals surface area contributed by atoms with Crippen molar-refractivity contribution >= 4 is 34.5 Å². The summed E-state index contributed by atoms with van der Waals surface area (Å²) in [6, 6.07) is 1.34. The first kappa shape index (κ1) is 16.6. The summed E-state index contributed by atoms with van der Waals surface area (Å²) in [7, 11) is 0. The molecule has 1 aromatic rings. The Kier molecular flexibility index (Phi) is 4.97. The molecular weight excluding hydrogens is 272 g/mol. The summed E-state index contributed by atoms with van der Waals surface area (Å²) in [5.74, 6) is -1.45. The normalized spacial score (nSPS) is 10.2. The van der Waals surface area contributed by atoms with Crippen LogP contribution in [0.15, 0.2) is 6.07 Å². The average molecular weight is 290 g/mol. The van der Waals surface area contributed by atoms with Crippen molar-refractivity contribution in [3.8, 4) is 0 Å². The first-order chi connectivity index (χ1) is 9.65. The highest BCUT2D eigenvalue weighted by Crippen LogP contribution is 2.29. The molecule has 0 atom stereocenters. The van der Waals surface area contributed by atoms with Gasteiger partial charge >= 0.3 is 0 Å². The van der Waals surface area contributed by atoms with Crippen LogP contribution in [0.5, 0.6) is 0 Å². The van der Waals surface area contributed by atoms with E-state index in [1.807, 2.05) is 0 Å². The predicted octanol–water partition coefficient (Wildman–Crippen LogP) is 1.48. The standard InChI is InChI=1S/C15H18N2O4/c1-7(18)4-12(20)10-6-11(16)14(15(17)9(10)3)13(21)5-8(2)19/h6H,4-5,16-17H2,1-3H3. The number of hydrogen-bond donors (Lipinski definition) is 2. The molecule has 0 heterocycles. The first-order valence-electron chi connectivity index (χ1n) is 6.39. The average Bonchev–Trinajstić information content (AvgIpc) is 2.31. The Balaban J connectivity index is 3.33. The maximum Gasteiger partial charge on any atom is 0.174 e. The van der Waals surface area contributed by atoms with E-state index in [1.54, 1.807) is 6.92 Å². The molecule has 0 saturated carbocycles. The van der Waals surface area contributed by atoms with Crippen LogP contribution < -0.4 is 11.5 Å². The lowest BCUT2D eigenvalue weighted by Crippen LogP contribution is -2.15. The number of Topliss-reactive ketones (excluding diaryl/α,β-unsaturated/α-hetero) is 4. The first-order valence-corrected chi connectivity index (χ1v) is 6.39. The molecule has 21 heavy (non-hydrogen) atoms. The molecule has 0 spiro atoms. The summed E-state index contributed by atoms with van der Waals surface area (Å²) >= 11 is 0. The van der Waals surface area contributed by atoms with Crippen LogP contribution >= 0.6 is 0 Å². The highest BCUT2D eigenvalue weighted by atomic mass is 16.2. The van der Waals surface area contributed by atoms with Crippen LogP contribution in [-0.4, -0.2) is 23.1 Å². The number of anilines is 2. The van der Waals surface area contributed by atoms with Gasteiger partial charge in [0.15, 0.2) is 11.6 Å². The molecule has 0 fully saturated rings. The van der Waals surface area contributed by atoms with Gasteiger partial charge < -0.3 is 11.5 Å². The number of rotatable bonds is 6. The Bertz CT molecular complexity index is 648. The molecule has 0 bridgehead atoms. The molecule has 1 aromatic carbocycles. The zero-order valence-electron chi connectivity index (χ0n) is 12.3. The second kappa shape index (κ2) is 6.30. The summed E-state index contributed by atoms with van der Waals surface area (Å²) < 4.78 is 0. The van der Waals surface area contributed by atoms with E-state index >= 15 is 0 Å². The Morgan fingerprint density at radius 1 is 0.952 bits per heavy atom. The van der Waals surface area contributed by atoms with Gasteiger partial charge in [-0.2, -0.15) is 0 Å². The fourth-order valence-corrected chi connectivity index (χ4v) is 2.06. The maximum atomic E-state index is 12.0. The molecule has 0 aromatic heterocycles. The minimum Gasteiger partial charge on any atom is -0.398 e. The van der Waals surface area contributed by atoms with Crippen molar-refractivity contribution in [2.24, 2.45) is 0 Å². The van der Waals surface area contributed by atoms with E-state index in [0.29, 0.717) is 5.56 Å². The lowest BCUT2D eigenvalue weighted by molar-refractivity contribution is -0.117. The fourth-order valence-electron chi connectivity index (χ4n) is 2.06. The van der Waals surface area contributed by atoms with E-state index in [4.69, 9.17) is 11.5 Å². The molecule has 4 N–H and O–H groups in total. The quantitative estimate of drug-likeness (QED) is 0.465. The van der Waals surface area contributed by atoms with Gasteiger partial charge in [-0.05, 0) is 32.4 Å². The van der Waals surface area contributed by atoms with Gasteiger partial charge in [0.1, 0.15) is 11.6 Å². The van der Waals surface area contributed by atoms with Crippen LogP contribution in [-0.2, 0) is 9.59 Å². The lowest BCUT2D eigenvalue weighted by Gasteiger charge is -2.14. The van der Waals surface area contributed by atoms with E-state index in [9.17, 15) is 19.2 Å². The van der Waals surface area contributed by atoms with E-state index in [2.05, 4.69) is 0 Å². The van der Waals surface area contributed by atoms with E-state index in [-0.39, 0.29) is 46.9 Å². The number of nitrogen functional groups attached to an aromatic ring is 2. The molecule has 0 amide bonds. The minimum atomic E-state index is -0.480. The van der Waals surface area contributed by atoms with Gasteiger partial charge in [0.25, 0.3) is 0 Å². The van der Waals surface area contributed by atoms with Crippen molar-refractivity contribution in [1.29, 1.82) is 0 Å². The SMILES string of the molecule is CC(=O)CC(=O)c1cc(N)c(C(=O)CC(C)=O)c(N)c1C. The minimum absolute atomic E-state index is 0.0382. The van der Waals surface area contributed by atoms with Crippen molar-refractivity contribution in [2.45, 2.75) is 33.6 Å². The second-order valence-electron chi connectivity index (χ2n) is 5.03. The van der Waals surface area contributed by atoms with Crippen molar-refractivity contribution in [2.75, 3.05) is 11.5 Å². The lowest BCUT2D eigenvalue weighted by atomic mass is 9.93. The monoisotopic (exact) mass is 290 g/mol. The van der Waals surface area contributed by atoms with Gasteiger partial charge in [-0.1, -0.05) is 0 Å². The second-order valence-corrected chi connectivity index (χ2v) is 5.03. The topological polar surface area (TPSA) is 120 Å². The van der Waals surface area contributed by atoms with Gasteiger partial charge in [-0.15, -0.1) is 0 Å². The number of hydrogen-bond acceptors (Lipinski definition) is 6. The molecule has 0 aliphatic carbocycles. The molecule has 112 valence electrons. The van der Waals surface area contributed by atoms with Gasteiger partial charge in [-0.3, -0.25) is 19.2 Å². The third-order valence-electron chi connectivity index (χ3n) is 3.06. The molecule has 1 rings (SSSR count). The van der Waals surface area contributed by atoms with Gasteiger partial charge in [0, 0.05) is 16.9 Å². The zero-order chi connectivity index (χ0) is 16.3. The summed E-state index contributed by atoms with van der Waals surface area (Å²) in [5, 5.41) is 0. The summed E-state index contributed by atoms with van der Waals surface area (Å²) in [6.45, 7) is 4.18. The van der Waals surface area contributed by atoms with E-state index < -0.39 is 11.6 Å². The molecule has 6 heteroatoms. The van der Waals surface area contributed by atoms with Crippen LogP contribution in [0.25, 0.3) is 0 Å². The number of carbonyl (C=O) groups excluding carboxylic acids is 4. The molecule has 0 radical (unpaired) electrons. The number of benzene rings is 1. The molecule has 0 aliphatic rings. The van der Waals surface area contributed by atoms with E-state index in [0.717, 1.165) is 0 Å². The van der Waals surface area contributed by atoms with Crippen LogP contribution in [0, 0.1) is 6.92 Å². The third kappa shape index (κ3) is 3.75. The molecule has 0 unspecified atom stereocenters.